The molecule has 1 amide bonds. The third-order valence-electron chi connectivity index (χ3n) is 4.02. The number of nitrogens with zero attached hydrogens (tertiary/aromatic N) is 1. The highest BCUT2D eigenvalue weighted by molar-refractivity contribution is 5.92. The van der Waals surface area contributed by atoms with Gasteiger partial charge in [-0.1, -0.05) is 0 Å². The van der Waals surface area contributed by atoms with Crippen molar-refractivity contribution in [2.24, 2.45) is 0 Å². The number of methoxy groups -OCH3 is 1. The molecule has 1 aliphatic rings. The van der Waals surface area contributed by atoms with E-state index in [9.17, 15) is 18.7 Å². The van der Waals surface area contributed by atoms with Gasteiger partial charge in [0, 0.05) is 19.2 Å². The standard InChI is InChI=1S/C17H17F2NO4/c1-23-9-12-3-5-16(24-12)17(22)20-8-11(21)7-15(20)13-6-10(18)2-4-14(13)19/h2-6,11,15,21H,7-9H2,1H3/t11-,15-/m0/s1. The van der Waals surface area contributed by atoms with E-state index in [1.54, 1.807) is 6.07 Å². The second-order valence-electron chi connectivity index (χ2n) is 5.73. The van der Waals surface area contributed by atoms with Crippen molar-refractivity contribution in [2.75, 3.05) is 13.7 Å². The van der Waals surface area contributed by atoms with Gasteiger partial charge in [0.25, 0.3) is 5.91 Å². The first-order valence-corrected chi connectivity index (χ1v) is 7.51. The second-order valence-corrected chi connectivity index (χ2v) is 5.73. The molecule has 3 rings (SSSR count). The van der Waals surface area contributed by atoms with Crippen molar-refractivity contribution in [3.63, 3.8) is 0 Å². The summed E-state index contributed by atoms with van der Waals surface area (Å²) in [5.74, 6) is -1.15. The number of amides is 1. The normalized spacial score (nSPS) is 20.6. The number of carbonyl (C=O) groups excluding carboxylic acids is 1. The molecule has 24 heavy (non-hydrogen) atoms. The Morgan fingerprint density at radius 2 is 2.17 bits per heavy atom. The van der Waals surface area contributed by atoms with E-state index in [0.717, 1.165) is 18.2 Å². The highest BCUT2D eigenvalue weighted by Gasteiger charge is 2.38. The number of benzene rings is 1. The maximum absolute atomic E-state index is 14.1. The monoisotopic (exact) mass is 337 g/mol. The number of carbonyl (C=O) groups is 1. The predicted molar refractivity (Wildman–Crippen MR) is 80.2 cm³/mol. The summed E-state index contributed by atoms with van der Waals surface area (Å²) in [7, 11) is 1.50. The summed E-state index contributed by atoms with van der Waals surface area (Å²) >= 11 is 0. The zero-order valence-corrected chi connectivity index (χ0v) is 13.0. The maximum atomic E-state index is 14.1. The van der Waals surface area contributed by atoms with Gasteiger partial charge in [0.1, 0.15) is 24.0 Å². The lowest BCUT2D eigenvalue weighted by Crippen LogP contribution is -2.32. The maximum Gasteiger partial charge on any atom is 0.290 e. The molecule has 1 aromatic heterocycles. The van der Waals surface area contributed by atoms with Crippen molar-refractivity contribution in [3.8, 4) is 0 Å². The average molecular weight is 337 g/mol. The molecule has 128 valence electrons. The van der Waals surface area contributed by atoms with E-state index < -0.39 is 29.7 Å². The molecule has 0 saturated carbocycles. The lowest BCUT2D eigenvalue weighted by molar-refractivity contribution is 0.0674. The Kier molecular flexibility index (Phi) is 4.64. The van der Waals surface area contributed by atoms with Gasteiger partial charge in [-0.05, 0) is 36.8 Å². The van der Waals surface area contributed by atoms with Crippen LogP contribution in [0, 0.1) is 11.6 Å². The average Bonchev–Trinajstić information content (AvgIpc) is 3.16. The largest absolute Gasteiger partial charge is 0.453 e. The molecule has 0 radical (unpaired) electrons. The number of aliphatic hydroxyl groups excluding tert-OH is 1. The third kappa shape index (κ3) is 3.18. The first-order chi connectivity index (χ1) is 11.5. The Hall–Kier alpha value is -2.25. The Morgan fingerprint density at radius 1 is 1.38 bits per heavy atom. The van der Waals surface area contributed by atoms with Crippen molar-refractivity contribution in [1.82, 2.24) is 4.90 Å². The van der Waals surface area contributed by atoms with Gasteiger partial charge in [-0.15, -0.1) is 0 Å². The molecule has 0 spiro atoms. The molecule has 1 saturated heterocycles. The van der Waals surface area contributed by atoms with Crippen LogP contribution < -0.4 is 0 Å². The number of hydrogen-bond acceptors (Lipinski definition) is 4. The molecule has 5 nitrogen and oxygen atoms in total. The molecule has 2 atom stereocenters. The number of β-amino-alcohol motifs (C(OH)–C–C–N with tert-alkyl or cyclic N) is 1. The first kappa shape index (κ1) is 16.6. The molecular formula is C17H17F2NO4. The minimum atomic E-state index is -0.810. The minimum absolute atomic E-state index is 0.0275. The van der Waals surface area contributed by atoms with Gasteiger partial charge < -0.3 is 19.2 Å². The number of furan rings is 1. The van der Waals surface area contributed by atoms with Gasteiger partial charge in [0.2, 0.25) is 0 Å². The summed E-state index contributed by atoms with van der Waals surface area (Å²) in [5.41, 5.74) is 0.0450. The van der Waals surface area contributed by atoms with E-state index in [1.807, 2.05) is 0 Å². The summed E-state index contributed by atoms with van der Waals surface area (Å²) in [6, 6.07) is 5.44. The quantitative estimate of drug-likeness (QED) is 0.932. The van der Waals surface area contributed by atoms with Crippen molar-refractivity contribution < 1.29 is 27.8 Å². The molecule has 1 fully saturated rings. The van der Waals surface area contributed by atoms with Crippen LogP contribution in [-0.2, 0) is 11.3 Å². The molecule has 0 aliphatic carbocycles. The fourth-order valence-corrected chi connectivity index (χ4v) is 2.96. The van der Waals surface area contributed by atoms with Crippen LogP contribution in [0.15, 0.2) is 34.7 Å². The Bertz CT molecular complexity index is 746. The van der Waals surface area contributed by atoms with Crippen LogP contribution in [0.25, 0.3) is 0 Å². The van der Waals surface area contributed by atoms with Crippen LogP contribution in [0.4, 0.5) is 8.78 Å². The third-order valence-corrected chi connectivity index (χ3v) is 4.02. The lowest BCUT2D eigenvalue weighted by Gasteiger charge is -2.24. The summed E-state index contributed by atoms with van der Waals surface area (Å²) in [6.07, 6.45) is -0.674. The Balaban J connectivity index is 1.89. The van der Waals surface area contributed by atoms with Gasteiger partial charge in [0.15, 0.2) is 5.76 Å². The highest BCUT2D eigenvalue weighted by atomic mass is 19.1. The zero-order chi connectivity index (χ0) is 17.3. The van der Waals surface area contributed by atoms with Crippen molar-refractivity contribution >= 4 is 5.91 Å². The summed E-state index contributed by atoms with van der Waals surface area (Å²) in [6.45, 7) is 0.248. The zero-order valence-electron chi connectivity index (χ0n) is 13.0. The number of halogens is 2. The summed E-state index contributed by atoms with van der Waals surface area (Å²) in [4.78, 5) is 14.0. The van der Waals surface area contributed by atoms with Gasteiger partial charge >= 0.3 is 0 Å². The SMILES string of the molecule is COCc1ccc(C(=O)N2C[C@@H](O)C[C@H]2c2cc(F)ccc2F)o1. The first-order valence-electron chi connectivity index (χ1n) is 7.51. The molecule has 7 heteroatoms. The van der Waals surface area contributed by atoms with Crippen LogP contribution >= 0.6 is 0 Å². The van der Waals surface area contributed by atoms with Crippen LogP contribution in [0.1, 0.15) is 34.3 Å². The van der Waals surface area contributed by atoms with Crippen LogP contribution in [0.3, 0.4) is 0 Å². The van der Waals surface area contributed by atoms with Gasteiger partial charge in [-0.3, -0.25) is 4.79 Å². The van der Waals surface area contributed by atoms with E-state index in [-0.39, 0.29) is 30.9 Å². The topological polar surface area (TPSA) is 62.9 Å². The van der Waals surface area contributed by atoms with E-state index in [2.05, 4.69) is 0 Å². The number of rotatable bonds is 4. The molecule has 2 aromatic rings. The van der Waals surface area contributed by atoms with Gasteiger partial charge in [0.05, 0.1) is 12.1 Å². The smallest absolute Gasteiger partial charge is 0.290 e. The van der Waals surface area contributed by atoms with E-state index in [0.29, 0.717) is 5.76 Å². The van der Waals surface area contributed by atoms with Crippen LogP contribution in [-0.4, -0.2) is 35.7 Å². The molecular weight excluding hydrogens is 320 g/mol. The molecule has 1 N–H and O–H groups in total. The summed E-state index contributed by atoms with van der Waals surface area (Å²) < 4.78 is 37.9. The number of aliphatic hydroxyl groups is 1. The van der Waals surface area contributed by atoms with Crippen LogP contribution in [0.2, 0.25) is 0 Å². The number of hydrogen-bond donors (Lipinski definition) is 1. The Morgan fingerprint density at radius 3 is 2.92 bits per heavy atom. The van der Waals surface area contributed by atoms with Gasteiger partial charge in [-0.2, -0.15) is 0 Å². The number of ether oxygens (including phenoxy) is 1. The second kappa shape index (κ2) is 6.70. The predicted octanol–water partition coefficient (Wildman–Crippen LogP) is 2.65. The van der Waals surface area contributed by atoms with E-state index in [4.69, 9.17) is 9.15 Å². The number of likely N-dealkylation sites (tertiary alicyclic amines) is 1. The molecule has 1 aliphatic heterocycles. The fourth-order valence-electron chi connectivity index (χ4n) is 2.96. The fraction of sp³-hybridized carbons (Fsp3) is 0.353. The van der Waals surface area contributed by atoms with Gasteiger partial charge in [-0.25, -0.2) is 8.78 Å². The van der Waals surface area contributed by atoms with Crippen LogP contribution in [0.5, 0.6) is 0 Å². The molecule has 0 unspecified atom stereocenters. The molecule has 2 heterocycles. The molecule has 0 bridgehead atoms. The lowest BCUT2D eigenvalue weighted by atomic mass is 10.0. The highest BCUT2D eigenvalue weighted by Crippen LogP contribution is 2.35. The summed E-state index contributed by atoms with van der Waals surface area (Å²) in [5, 5.41) is 9.92. The van der Waals surface area contributed by atoms with E-state index >= 15 is 0 Å². The van der Waals surface area contributed by atoms with Crippen molar-refractivity contribution in [3.05, 3.63) is 59.1 Å². The van der Waals surface area contributed by atoms with Crippen molar-refractivity contribution in [1.29, 1.82) is 0 Å². The van der Waals surface area contributed by atoms with Crippen molar-refractivity contribution in [2.45, 2.75) is 25.2 Å². The minimum Gasteiger partial charge on any atom is -0.453 e. The molecule has 1 aromatic carbocycles. The van der Waals surface area contributed by atoms with E-state index in [1.165, 1.54) is 18.1 Å². The Labute approximate surface area is 137 Å².